The van der Waals surface area contributed by atoms with Gasteiger partial charge >= 0.3 is 0 Å². The minimum absolute atomic E-state index is 0.00447. The van der Waals surface area contributed by atoms with Crippen molar-refractivity contribution in [3.05, 3.63) is 84.4 Å². The predicted octanol–water partition coefficient (Wildman–Crippen LogP) is 2.94. The number of nitrogens with one attached hydrogen (secondary N) is 1. The number of hydrogen-bond acceptors (Lipinski definition) is 3. The van der Waals surface area contributed by atoms with Gasteiger partial charge in [-0.25, -0.2) is 4.98 Å². The molecule has 1 amide bonds. The van der Waals surface area contributed by atoms with Crippen LogP contribution in [0.2, 0.25) is 0 Å². The van der Waals surface area contributed by atoms with Crippen molar-refractivity contribution in [2.45, 2.75) is 25.4 Å². The maximum atomic E-state index is 12.7. The van der Waals surface area contributed by atoms with Crippen molar-refractivity contribution >= 4 is 5.91 Å². The van der Waals surface area contributed by atoms with Crippen LogP contribution in [0.1, 0.15) is 30.0 Å². The molecule has 0 spiro atoms. The average Bonchev–Trinajstić information content (AvgIpc) is 3.15. The van der Waals surface area contributed by atoms with E-state index in [1.807, 2.05) is 67.6 Å². The molecule has 1 N–H and O–H groups in total. The van der Waals surface area contributed by atoms with Crippen molar-refractivity contribution in [3.8, 4) is 0 Å². The monoisotopic (exact) mass is 320 g/mol. The van der Waals surface area contributed by atoms with Gasteiger partial charge in [-0.3, -0.25) is 9.48 Å². The molecule has 1 aromatic heterocycles. The molecule has 2 atom stereocenters. The second-order valence-electron chi connectivity index (χ2n) is 5.72. The molecule has 122 valence electrons. The third-order valence-electron chi connectivity index (χ3n) is 4.05. The molecule has 1 heterocycles. The van der Waals surface area contributed by atoms with Crippen LogP contribution in [0.4, 0.5) is 0 Å². The van der Waals surface area contributed by atoms with E-state index in [9.17, 15) is 4.79 Å². The van der Waals surface area contributed by atoms with Crippen molar-refractivity contribution in [1.29, 1.82) is 0 Å². The van der Waals surface area contributed by atoms with Crippen molar-refractivity contribution in [1.82, 2.24) is 20.1 Å². The zero-order chi connectivity index (χ0) is 16.8. The van der Waals surface area contributed by atoms with Crippen LogP contribution < -0.4 is 5.32 Å². The van der Waals surface area contributed by atoms with E-state index in [1.54, 1.807) is 11.0 Å². The molecule has 3 rings (SSSR count). The lowest BCUT2D eigenvalue weighted by Crippen LogP contribution is -2.34. The molecule has 3 aromatic rings. The fourth-order valence-corrected chi connectivity index (χ4v) is 2.62. The number of carbonyl (C=O) groups is 1. The number of benzene rings is 2. The molecular weight excluding hydrogens is 300 g/mol. The molecule has 0 bridgehead atoms. The smallest absolute Gasteiger partial charge is 0.227 e. The third kappa shape index (κ3) is 3.87. The lowest BCUT2D eigenvalue weighted by molar-refractivity contribution is -0.123. The highest BCUT2D eigenvalue weighted by Gasteiger charge is 2.20. The summed E-state index contributed by atoms with van der Waals surface area (Å²) in [4.78, 5) is 16.7. The van der Waals surface area contributed by atoms with Gasteiger partial charge in [-0.1, -0.05) is 60.7 Å². The van der Waals surface area contributed by atoms with Gasteiger partial charge in [-0.2, -0.15) is 5.10 Å². The quantitative estimate of drug-likeness (QED) is 0.759. The number of hydrogen-bond donors (Lipinski definition) is 1. The Hall–Kier alpha value is -2.95. The zero-order valence-corrected chi connectivity index (χ0v) is 13.5. The molecule has 5 heteroatoms. The van der Waals surface area contributed by atoms with E-state index in [0.29, 0.717) is 6.54 Å². The Bertz CT molecular complexity index is 757. The SMILES string of the molecule is C[C@H](C(=O)N[C@@H](Cn1cncn1)c1ccccc1)c1ccccc1. The zero-order valence-electron chi connectivity index (χ0n) is 13.5. The summed E-state index contributed by atoms with van der Waals surface area (Å²) in [6.45, 7) is 2.46. The van der Waals surface area contributed by atoms with E-state index in [0.717, 1.165) is 11.1 Å². The standard InChI is InChI=1S/C19H20N4O/c1-15(16-8-4-2-5-9-16)19(24)22-18(12-23-14-20-13-21-23)17-10-6-3-7-11-17/h2-11,13-15,18H,12H2,1H3,(H,22,24)/t15-,18-/m0/s1. The van der Waals surface area contributed by atoms with Gasteiger partial charge in [0.25, 0.3) is 0 Å². The summed E-state index contributed by atoms with van der Waals surface area (Å²) in [6.07, 6.45) is 3.15. The molecule has 0 fully saturated rings. The molecule has 0 aliphatic rings. The number of carbonyl (C=O) groups excluding carboxylic acids is 1. The first kappa shape index (κ1) is 15.9. The van der Waals surface area contributed by atoms with E-state index in [-0.39, 0.29) is 17.9 Å². The van der Waals surface area contributed by atoms with Crippen LogP contribution in [0.25, 0.3) is 0 Å². The van der Waals surface area contributed by atoms with Crippen molar-refractivity contribution < 1.29 is 4.79 Å². The van der Waals surface area contributed by atoms with Gasteiger partial charge in [0.15, 0.2) is 0 Å². The molecule has 0 aliphatic heterocycles. The molecular formula is C19H20N4O. The molecule has 0 unspecified atom stereocenters. The van der Waals surface area contributed by atoms with Crippen LogP contribution in [-0.2, 0) is 11.3 Å². The van der Waals surface area contributed by atoms with Crippen molar-refractivity contribution in [2.24, 2.45) is 0 Å². The normalized spacial score (nSPS) is 13.2. The van der Waals surface area contributed by atoms with Crippen LogP contribution in [0.3, 0.4) is 0 Å². The Morgan fingerprint density at radius 1 is 1.04 bits per heavy atom. The Balaban J connectivity index is 1.77. The Morgan fingerprint density at radius 2 is 1.67 bits per heavy atom. The lowest BCUT2D eigenvalue weighted by atomic mass is 9.99. The van der Waals surface area contributed by atoms with E-state index < -0.39 is 0 Å². The van der Waals surface area contributed by atoms with Gasteiger partial charge in [-0.15, -0.1) is 0 Å². The van der Waals surface area contributed by atoms with E-state index in [4.69, 9.17) is 0 Å². The highest BCUT2D eigenvalue weighted by atomic mass is 16.1. The Morgan fingerprint density at radius 3 is 2.25 bits per heavy atom. The lowest BCUT2D eigenvalue weighted by Gasteiger charge is -2.21. The van der Waals surface area contributed by atoms with E-state index in [1.165, 1.54) is 6.33 Å². The first-order chi connectivity index (χ1) is 11.7. The molecule has 0 aliphatic carbocycles. The minimum atomic E-state index is -0.215. The van der Waals surface area contributed by atoms with Crippen LogP contribution in [0.15, 0.2) is 73.3 Å². The van der Waals surface area contributed by atoms with Crippen molar-refractivity contribution in [2.75, 3.05) is 0 Å². The summed E-state index contributed by atoms with van der Waals surface area (Å²) in [5, 5.41) is 7.29. The molecule has 5 nitrogen and oxygen atoms in total. The van der Waals surface area contributed by atoms with Gasteiger partial charge in [0.05, 0.1) is 18.5 Å². The van der Waals surface area contributed by atoms with E-state index in [2.05, 4.69) is 15.4 Å². The van der Waals surface area contributed by atoms with Crippen LogP contribution >= 0.6 is 0 Å². The number of amides is 1. The summed E-state index contributed by atoms with van der Waals surface area (Å²) in [7, 11) is 0. The van der Waals surface area contributed by atoms with Gasteiger partial charge in [-0.05, 0) is 18.1 Å². The van der Waals surface area contributed by atoms with Crippen LogP contribution in [-0.4, -0.2) is 20.7 Å². The van der Waals surface area contributed by atoms with Gasteiger partial charge < -0.3 is 5.32 Å². The molecule has 0 radical (unpaired) electrons. The summed E-state index contributed by atoms with van der Waals surface area (Å²) in [6, 6.07) is 19.5. The molecule has 2 aromatic carbocycles. The highest BCUT2D eigenvalue weighted by molar-refractivity contribution is 5.83. The third-order valence-corrected chi connectivity index (χ3v) is 4.05. The molecule has 0 saturated heterocycles. The van der Waals surface area contributed by atoms with Crippen molar-refractivity contribution in [3.63, 3.8) is 0 Å². The largest absolute Gasteiger partial charge is 0.347 e. The summed E-state index contributed by atoms with van der Waals surface area (Å²) in [5.74, 6) is -0.219. The van der Waals surface area contributed by atoms with Gasteiger partial charge in [0.2, 0.25) is 5.91 Å². The summed E-state index contributed by atoms with van der Waals surface area (Å²) < 4.78 is 1.73. The Labute approximate surface area is 141 Å². The maximum Gasteiger partial charge on any atom is 0.227 e. The fraction of sp³-hybridized carbons (Fsp3) is 0.211. The second kappa shape index (κ2) is 7.55. The maximum absolute atomic E-state index is 12.7. The molecule has 0 saturated carbocycles. The van der Waals surface area contributed by atoms with E-state index >= 15 is 0 Å². The first-order valence-corrected chi connectivity index (χ1v) is 7.96. The van der Waals surface area contributed by atoms with Crippen LogP contribution in [0.5, 0.6) is 0 Å². The fourth-order valence-electron chi connectivity index (χ4n) is 2.62. The average molecular weight is 320 g/mol. The molecule has 24 heavy (non-hydrogen) atoms. The minimum Gasteiger partial charge on any atom is -0.347 e. The number of nitrogens with zero attached hydrogens (tertiary/aromatic N) is 3. The second-order valence-corrected chi connectivity index (χ2v) is 5.72. The summed E-state index contributed by atoms with van der Waals surface area (Å²) in [5.41, 5.74) is 2.05. The summed E-state index contributed by atoms with van der Waals surface area (Å²) >= 11 is 0. The van der Waals surface area contributed by atoms with Crippen LogP contribution in [0, 0.1) is 0 Å². The topological polar surface area (TPSA) is 59.8 Å². The first-order valence-electron chi connectivity index (χ1n) is 7.96. The van der Waals surface area contributed by atoms with Gasteiger partial charge in [0.1, 0.15) is 12.7 Å². The number of aromatic nitrogens is 3. The Kier molecular flexibility index (Phi) is 5.01. The highest BCUT2D eigenvalue weighted by Crippen LogP contribution is 2.19. The number of rotatable bonds is 6. The predicted molar refractivity (Wildman–Crippen MR) is 92.2 cm³/mol. The van der Waals surface area contributed by atoms with Gasteiger partial charge in [0, 0.05) is 0 Å².